The Morgan fingerprint density at radius 1 is 1.04 bits per heavy atom. The molecule has 0 aromatic heterocycles. The van der Waals surface area contributed by atoms with Crippen molar-refractivity contribution < 1.29 is 38.0 Å². The van der Waals surface area contributed by atoms with E-state index in [2.05, 4.69) is 20.9 Å². The van der Waals surface area contributed by atoms with E-state index in [0.29, 0.717) is 11.8 Å². The van der Waals surface area contributed by atoms with Crippen LogP contribution in [0.4, 0.5) is 0 Å². The zero-order valence-electron chi connectivity index (χ0n) is 16.0. The van der Waals surface area contributed by atoms with Crippen LogP contribution in [0.15, 0.2) is 0 Å². The van der Waals surface area contributed by atoms with Crippen LogP contribution in [0.2, 0.25) is 0 Å². The highest BCUT2D eigenvalue weighted by Gasteiger charge is 2.58. The highest BCUT2D eigenvalue weighted by molar-refractivity contribution is 5.66. The molecule has 4 bridgehead atoms. The number of carbonyl (C=O) groups is 1. The van der Waals surface area contributed by atoms with Crippen LogP contribution in [0.3, 0.4) is 0 Å². The molecule has 4 aliphatic carbocycles. The van der Waals surface area contributed by atoms with E-state index in [1.807, 2.05) is 0 Å². The largest absolute Gasteiger partial charge is 1.00 e. The van der Waals surface area contributed by atoms with Crippen molar-refractivity contribution in [3.63, 3.8) is 0 Å². The summed E-state index contributed by atoms with van der Waals surface area (Å²) in [4.78, 5) is 11.9. The first-order valence-corrected chi connectivity index (χ1v) is 9.94. The fourth-order valence-corrected chi connectivity index (χ4v) is 6.15. The number of ether oxygens (including phenoxy) is 1. The van der Waals surface area contributed by atoms with E-state index in [-0.39, 0.29) is 35.5 Å². The van der Waals surface area contributed by atoms with E-state index >= 15 is 0 Å². The maximum atomic E-state index is 11.9. The van der Waals surface area contributed by atoms with Crippen LogP contribution in [-0.4, -0.2) is 42.7 Å². The Morgan fingerprint density at radius 2 is 1.54 bits per heavy atom. The predicted molar refractivity (Wildman–Crippen MR) is 92.9 cm³/mol. The summed E-state index contributed by atoms with van der Waals surface area (Å²) in [6.45, 7) is 9.78. The second kappa shape index (κ2) is 7.81. The maximum absolute atomic E-state index is 11.9. The number of esters is 1. The summed E-state index contributed by atoms with van der Waals surface area (Å²) >= 11 is 0. The SMILES string of the molecule is CC[N+](C)(CC)CCCC1(OC(C)=O)C2CC3CC(C2)CC1C3.[I-]. The molecule has 140 valence electrons. The Hall–Kier alpha value is 0.160. The number of hydrogen-bond donors (Lipinski definition) is 0. The monoisotopic (exact) mass is 449 g/mol. The van der Waals surface area contributed by atoms with Crippen LogP contribution >= 0.6 is 0 Å². The third kappa shape index (κ3) is 3.79. The fraction of sp³-hybridized carbons (Fsp3) is 0.950. The van der Waals surface area contributed by atoms with Crippen molar-refractivity contribution >= 4 is 5.97 Å². The lowest BCUT2D eigenvalue weighted by atomic mass is 9.49. The second-order valence-corrected chi connectivity index (χ2v) is 8.93. The molecular formula is C20H36INO2. The minimum Gasteiger partial charge on any atom is -1.00 e. The summed E-state index contributed by atoms with van der Waals surface area (Å²) in [6, 6.07) is 0. The lowest BCUT2D eigenvalue weighted by molar-refractivity contribution is -0.906. The summed E-state index contributed by atoms with van der Waals surface area (Å²) in [7, 11) is 2.36. The summed E-state index contributed by atoms with van der Waals surface area (Å²) in [5, 5.41) is 0. The van der Waals surface area contributed by atoms with Crippen molar-refractivity contribution in [3.05, 3.63) is 0 Å². The van der Waals surface area contributed by atoms with Crippen LogP contribution in [0.5, 0.6) is 0 Å². The van der Waals surface area contributed by atoms with Crippen molar-refractivity contribution in [2.75, 3.05) is 26.7 Å². The van der Waals surface area contributed by atoms with E-state index in [4.69, 9.17) is 4.74 Å². The fourth-order valence-electron chi connectivity index (χ4n) is 6.15. The van der Waals surface area contributed by atoms with Gasteiger partial charge in [-0.1, -0.05) is 0 Å². The van der Waals surface area contributed by atoms with Gasteiger partial charge in [0.2, 0.25) is 0 Å². The molecule has 3 nitrogen and oxygen atoms in total. The summed E-state index contributed by atoms with van der Waals surface area (Å²) in [5.41, 5.74) is -0.119. The number of rotatable bonds is 7. The third-order valence-electron chi connectivity index (χ3n) is 7.65. The molecule has 0 heterocycles. The van der Waals surface area contributed by atoms with Gasteiger partial charge < -0.3 is 33.2 Å². The van der Waals surface area contributed by atoms with E-state index in [9.17, 15) is 4.79 Å². The summed E-state index contributed by atoms with van der Waals surface area (Å²) < 4.78 is 7.29. The van der Waals surface area contributed by atoms with Gasteiger partial charge >= 0.3 is 5.97 Å². The molecule has 0 unspecified atom stereocenters. The highest BCUT2D eigenvalue weighted by Crippen LogP contribution is 2.61. The lowest BCUT2D eigenvalue weighted by Gasteiger charge is -2.60. The minimum absolute atomic E-state index is 0. The quantitative estimate of drug-likeness (QED) is 0.330. The van der Waals surface area contributed by atoms with Crippen molar-refractivity contribution in [2.45, 2.75) is 71.3 Å². The molecule has 0 aromatic rings. The van der Waals surface area contributed by atoms with E-state index in [0.717, 1.165) is 22.7 Å². The number of hydrogen-bond acceptors (Lipinski definition) is 2. The molecule has 4 heteroatoms. The highest BCUT2D eigenvalue weighted by atomic mass is 127. The van der Waals surface area contributed by atoms with Crippen LogP contribution in [0, 0.1) is 23.7 Å². The third-order valence-corrected chi connectivity index (χ3v) is 7.65. The topological polar surface area (TPSA) is 26.3 Å². The van der Waals surface area contributed by atoms with E-state index < -0.39 is 0 Å². The molecule has 4 rings (SSSR count). The van der Waals surface area contributed by atoms with Crippen molar-refractivity contribution in [3.8, 4) is 0 Å². The summed E-state index contributed by atoms with van der Waals surface area (Å²) in [5.74, 6) is 3.08. The first kappa shape index (κ1) is 20.5. The van der Waals surface area contributed by atoms with Gasteiger partial charge in [-0.05, 0) is 76.0 Å². The van der Waals surface area contributed by atoms with Crippen molar-refractivity contribution in [1.29, 1.82) is 0 Å². The Bertz CT molecular complexity index is 419. The molecule has 0 atom stereocenters. The Balaban J connectivity index is 0.00000208. The van der Waals surface area contributed by atoms with Gasteiger partial charge in [0.05, 0.1) is 26.7 Å². The van der Waals surface area contributed by atoms with E-state index in [1.54, 1.807) is 6.92 Å². The van der Waals surface area contributed by atoms with Gasteiger partial charge in [-0.15, -0.1) is 0 Å². The van der Waals surface area contributed by atoms with Gasteiger partial charge in [0.1, 0.15) is 5.60 Å². The molecular weight excluding hydrogens is 413 g/mol. The molecule has 0 N–H and O–H groups in total. The average Bonchev–Trinajstić information content (AvgIpc) is 2.51. The van der Waals surface area contributed by atoms with Crippen molar-refractivity contribution in [1.82, 2.24) is 0 Å². The van der Waals surface area contributed by atoms with E-state index in [1.165, 1.54) is 58.2 Å². The first-order valence-electron chi connectivity index (χ1n) is 9.94. The van der Waals surface area contributed by atoms with Gasteiger partial charge in [-0.2, -0.15) is 0 Å². The second-order valence-electron chi connectivity index (χ2n) is 8.93. The lowest BCUT2D eigenvalue weighted by Crippen LogP contribution is -3.00. The number of nitrogens with zero attached hydrogens (tertiary/aromatic N) is 1. The Labute approximate surface area is 165 Å². The molecule has 4 aliphatic rings. The molecule has 0 amide bonds. The molecule has 0 radical (unpaired) electrons. The zero-order chi connectivity index (χ0) is 16.7. The molecule has 4 saturated carbocycles. The normalized spacial score (nSPS) is 37.2. The van der Waals surface area contributed by atoms with Gasteiger partial charge in [-0.25, -0.2) is 0 Å². The molecule has 0 spiro atoms. The minimum atomic E-state index is -0.119. The maximum Gasteiger partial charge on any atom is 0.303 e. The smallest absolute Gasteiger partial charge is 0.303 e. The van der Waals surface area contributed by atoms with Crippen LogP contribution in [0.25, 0.3) is 0 Å². The molecule has 0 saturated heterocycles. The van der Waals surface area contributed by atoms with Crippen LogP contribution in [0.1, 0.15) is 65.7 Å². The van der Waals surface area contributed by atoms with Crippen molar-refractivity contribution in [2.24, 2.45) is 23.7 Å². The van der Waals surface area contributed by atoms with Crippen LogP contribution < -0.4 is 24.0 Å². The van der Waals surface area contributed by atoms with Gasteiger partial charge in [0.15, 0.2) is 0 Å². The standard InChI is InChI=1S/C20H36NO2.HI/c1-5-21(4,6-2)9-7-8-20(23-15(3)22)18-11-16-10-17(13-18)14-19(20)12-16;/h16-19H,5-14H2,1-4H3;1H/q+1;/p-1. The average molecular weight is 449 g/mol. The predicted octanol–water partition coefficient (Wildman–Crippen LogP) is 1.02. The molecule has 0 aromatic carbocycles. The number of quaternary nitrogens is 1. The molecule has 0 aliphatic heterocycles. The van der Waals surface area contributed by atoms with Gasteiger partial charge in [0.25, 0.3) is 0 Å². The first-order chi connectivity index (χ1) is 10.9. The number of halogens is 1. The molecule has 4 fully saturated rings. The molecule has 24 heavy (non-hydrogen) atoms. The van der Waals surface area contributed by atoms with Gasteiger partial charge in [-0.3, -0.25) is 4.79 Å². The van der Waals surface area contributed by atoms with Gasteiger partial charge in [0, 0.05) is 13.3 Å². The number of carbonyl (C=O) groups excluding carboxylic acids is 1. The van der Waals surface area contributed by atoms with Crippen LogP contribution in [-0.2, 0) is 9.53 Å². The Kier molecular flexibility index (Phi) is 6.66. The summed E-state index contributed by atoms with van der Waals surface area (Å²) in [6.07, 6.45) is 8.98. The Morgan fingerprint density at radius 3 is 1.96 bits per heavy atom. The zero-order valence-corrected chi connectivity index (χ0v) is 18.2.